The molecule has 2 atom stereocenters. The quantitative estimate of drug-likeness (QED) is 0.799. The van der Waals surface area contributed by atoms with Crippen LogP contribution in [0.5, 0.6) is 0 Å². The fraction of sp³-hybridized carbons (Fsp3) is 0.375. The highest BCUT2D eigenvalue weighted by Gasteiger charge is 2.37. The molecule has 152 valence electrons. The summed E-state index contributed by atoms with van der Waals surface area (Å²) in [5.41, 5.74) is 1.59. The third kappa shape index (κ3) is 4.10. The first kappa shape index (κ1) is 19.8. The van der Waals surface area contributed by atoms with Gasteiger partial charge in [0.2, 0.25) is 0 Å². The molecule has 1 amide bonds. The van der Waals surface area contributed by atoms with Gasteiger partial charge in [-0.25, -0.2) is 8.78 Å². The third-order valence-corrected chi connectivity index (χ3v) is 6.08. The van der Waals surface area contributed by atoms with E-state index in [9.17, 15) is 18.7 Å². The van der Waals surface area contributed by atoms with Crippen molar-refractivity contribution in [2.45, 2.75) is 44.2 Å². The number of aliphatic hydroxyl groups is 1. The van der Waals surface area contributed by atoms with Crippen LogP contribution in [0, 0.1) is 17.6 Å². The number of aliphatic hydroxyl groups excluding tert-OH is 1. The first-order chi connectivity index (χ1) is 14.0. The fourth-order valence-corrected chi connectivity index (χ4v) is 4.50. The lowest BCUT2D eigenvalue weighted by molar-refractivity contribution is -0.144. The molecule has 1 heterocycles. The Balaban J connectivity index is 1.65. The number of halogens is 2. The van der Waals surface area contributed by atoms with Crippen molar-refractivity contribution < 1.29 is 18.7 Å². The van der Waals surface area contributed by atoms with E-state index in [1.165, 1.54) is 0 Å². The maximum absolute atomic E-state index is 14.4. The van der Waals surface area contributed by atoms with E-state index in [0.717, 1.165) is 55.9 Å². The van der Waals surface area contributed by atoms with Gasteiger partial charge in [-0.3, -0.25) is 4.79 Å². The van der Waals surface area contributed by atoms with E-state index in [-0.39, 0.29) is 23.9 Å². The summed E-state index contributed by atoms with van der Waals surface area (Å²) in [5.74, 6) is -1.42. The molecule has 0 spiro atoms. The minimum atomic E-state index is -1.06. The average Bonchev–Trinajstić information content (AvgIpc) is 3.21. The van der Waals surface area contributed by atoms with Crippen LogP contribution in [0.25, 0.3) is 5.57 Å². The lowest BCUT2D eigenvalue weighted by atomic mass is 9.84. The predicted octanol–water partition coefficient (Wildman–Crippen LogP) is 4.87. The first-order valence-corrected chi connectivity index (χ1v) is 10.2. The van der Waals surface area contributed by atoms with E-state index in [1.54, 1.807) is 11.0 Å². The number of rotatable bonds is 4. The maximum Gasteiger partial charge on any atom is 0.252 e. The van der Waals surface area contributed by atoms with E-state index < -0.39 is 23.8 Å². The molecule has 1 saturated carbocycles. The van der Waals surface area contributed by atoms with Crippen LogP contribution in [0.1, 0.15) is 49.3 Å². The second kappa shape index (κ2) is 8.46. The van der Waals surface area contributed by atoms with Crippen LogP contribution in [-0.2, 0) is 4.79 Å². The van der Waals surface area contributed by atoms with Crippen LogP contribution in [0.2, 0.25) is 0 Å². The molecule has 1 unspecified atom stereocenters. The van der Waals surface area contributed by atoms with Crippen molar-refractivity contribution >= 4 is 11.5 Å². The van der Waals surface area contributed by atoms with Crippen molar-refractivity contribution in [3.63, 3.8) is 0 Å². The summed E-state index contributed by atoms with van der Waals surface area (Å²) in [6, 6.07) is 12.4. The minimum Gasteiger partial charge on any atom is -0.383 e. The molecule has 4 rings (SSSR count). The largest absolute Gasteiger partial charge is 0.383 e. The lowest BCUT2D eigenvalue weighted by Crippen LogP contribution is -2.43. The Kier molecular flexibility index (Phi) is 5.76. The minimum absolute atomic E-state index is 0.0392. The van der Waals surface area contributed by atoms with E-state index in [4.69, 9.17) is 0 Å². The molecule has 0 bridgehead atoms. The van der Waals surface area contributed by atoms with Gasteiger partial charge in [-0.15, -0.1) is 0 Å². The zero-order valence-corrected chi connectivity index (χ0v) is 16.2. The Labute approximate surface area is 169 Å². The standard InChI is InChI=1S/C24H25F2NO2/c25-19-11-12-21(26)20(14-19)18-13-22(16-7-3-1-4-8-16)27(15-18)24(29)23(28)17-9-5-2-6-10-17/h1,3-4,7-8,11-14,17,22-23,28H,2,5-6,9-10,15H2/t22?,23-/m0/s1. The Bertz CT molecular complexity index is 906. The summed E-state index contributed by atoms with van der Waals surface area (Å²) in [5, 5.41) is 10.8. The molecule has 1 aliphatic heterocycles. The molecule has 2 aromatic rings. The van der Waals surface area contributed by atoms with Gasteiger partial charge in [0.15, 0.2) is 0 Å². The van der Waals surface area contributed by atoms with Gasteiger partial charge in [-0.05, 0) is 48.1 Å². The molecule has 3 nitrogen and oxygen atoms in total. The van der Waals surface area contributed by atoms with Crippen LogP contribution < -0.4 is 0 Å². The van der Waals surface area contributed by atoms with Gasteiger partial charge in [0.25, 0.3) is 5.91 Å². The fourth-order valence-electron chi connectivity index (χ4n) is 4.50. The number of carbonyl (C=O) groups excluding carboxylic acids is 1. The second-order valence-electron chi connectivity index (χ2n) is 7.98. The van der Waals surface area contributed by atoms with Gasteiger partial charge in [-0.2, -0.15) is 0 Å². The first-order valence-electron chi connectivity index (χ1n) is 10.2. The topological polar surface area (TPSA) is 40.5 Å². The zero-order valence-electron chi connectivity index (χ0n) is 16.2. The van der Waals surface area contributed by atoms with Gasteiger partial charge < -0.3 is 10.0 Å². The van der Waals surface area contributed by atoms with E-state index >= 15 is 0 Å². The van der Waals surface area contributed by atoms with E-state index in [0.29, 0.717) is 5.57 Å². The zero-order chi connectivity index (χ0) is 20.4. The SMILES string of the molecule is O=C([C@@H](O)C1CCCCC1)N1CC(c2cc(F)ccc2F)=CC1c1ccccc1. The third-order valence-electron chi connectivity index (χ3n) is 6.08. The van der Waals surface area contributed by atoms with Crippen LogP contribution in [0.15, 0.2) is 54.6 Å². The molecule has 0 saturated heterocycles. The molecule has 0 radical (unpaired) electrons. The van der Waals surface area contributed by atoms with Crippen LogP contribution in [0.4, 0.5) is 8.78 Å². The van der Waals surface area contributed by atoms with Gasteiger partial charge >= 0.3 is 0 Å². The molecule has 29 heavy (non-hydrogen) atoms. The molecule has 1 aliphatic carbocycles. The number of amides is 1. The van der Waals surface area contributed by atoms with E-state index in [1.807, 2.05) is 30.3 Å². The lowest BCUT2D eigenvalue weighted by Gasteiger charge is -2.32. The average molecular weight is 397 g/mol. The van der Waals surface area contributed by atoms with Crippen molar-refractivity contribution in [3.05, 3.63) is 77.4 Å². The smallest absolute Gasteiger partial charge is 0.252 e. The summed E-state index contributed by atoms with van der Waals surface area (Å²) in [7, 11) is 0. The van der Waals surface area contributed by atoms with Crippen molar-refractivity contribution in [2.24, 2.45) is 5.92 Å². The molecule has 2 aliphatic rings. The molecule has 2 aromatic carbocycles. The highest BCUT2D eigenvalue weighted by atomic mass is 19.1. The van der Waals surface area contributed by atoms with E-state index in [2.05, 4.69) is 0 Å². The maximum atomic E-state index is 14.4. The van der Waals surface area contributed by atoms with Gasteiger partial charge in [0, 0.05) is 12.1 Å². The number of hydrogen-bond donors (Lipinski definition) is 1. The van der Waals surface area contributed by atoms with Gasteiger partial charge in [-0.1, -0.05) is 55.7 Å². The number of nitrogens with zero attached hydrogens (tertiary/aromatic N) is 1. The van der Waals surface area contributed by atoms with Crippen molar-refractivity contribution in [3.8, 4) is 0 Å². The monoisotopic (exact) mass is 397 g/mol. The van der Waals surface area contributed by atoms with Crippen molar-refractivity contribution in [1.82, 2.24) is 4.90 Å². The Hall–Kier alpha value is -2.53. The van der Waals surface area contributed by atoms with Crippen LogP contribution in [0.3, 0.4) is 0 Å². The molecule has 5 heteroatoms. The van der Waals surface area contributed by atoms with Crippen molar-refractivity contribution in [2.75, 3.05) is 6.54 Å². The Morgan fingerprint density at radius 1 is 1.03 bits per heavy atom. The van der Waals surface area contributed by atoms with Gasteiger partial charge in [0.05, 0.1) is 6.04 Å². The highest BCUT2D eigenvalue weighted by molar-refractivity contribution is 5.86. The van der Waals surface area contributed by atoms with Crippen LogP contribution >= 0.6 is 0 Å². The number of benzene rings is 2. The highest BCUT2D eigenvalue weighted by Crippen LogP contribution is 2.37. The molecular weight excluding hydrogens is 372 g/mol. The summed E-state index contributed by atoms with van der Waals surface area (Å²) in [6.07, 6.45) is 5.61. The normalized spacial score (nSPS) is 21.1. The number of carbonyl (C=O) groups is 1. The Morgan fingerprint density at radius 2 is 1.76 bits per heavy atom. The summed E-state index contributed by atoms with van der Waals surface area (Å²) in [4.78, 5) is 14.8. The molecule has 1 N–H and O–H groups in total. The van der Waals surface area contributed by atoms with Crippen molar-refractivity contribution in [1.29, 1.82) is 0 Å². The molecular formula is C24H25F2NO2. The predicted molar refractivity (Wildman–Crippen MR) is 108 cm³/mol. The molecule has 0 aromatic heterocycles. The van der Waals surface area contributed by atoms with Crippen LogP contribution in [-0.4, -0.2) is 28.6 Å². The van der Waals surface area contributed by atoms with Gasteiger partial charge in [0.1, 0.15) is 17.7 Å². The Morgan fingerprint density at radius 3 is 2.48 bits per heavy atom. The summed E-state index contributed by atoms with van der Waals surface area (Å²) >= 11 is 0. The summed E-state index contributed by atoms with van der Waals surface area (Å²) in [6.45, 7) is 0.141. The number of hydrogen-bond acceptors (Lipinski definition) is 2. The summed E-state index contributed by atoms with van der Waals surface area (Å²) < 4.78 is 28.1. The second-order valence-corrected chi connectivity index (χ2v) is 7.98. The molecule has 1 fully saturated rings.